The molecule has 0 bridgehead atoms. The van der Waals surface area contributed by atoms with Crippen molar-refractivity contribution >= 4 is 28.7 Å². The van der Waals surface area contributed by atoms with Gasteiger partial charge in [0, 0.05) is 5.56 Å². The largest absolute Gasteiger partial charge is 0.494 e. The van der Waals surface area contributed by atoms with Gasteiger partial charge >= 0.3 is 0 Å². The molecular weight excluding hydrogens is 271 g/mol. The molecule has 0 spiro atoms. The molecule has 0 radical (unpaired) electrons. The maximum atomic E-state index is 9.94. The number of rotatable bonds is 1. The molecule has 1 N–H and O–H groups in total. The maximum absolute atomic E-state index is 9.94. The maximum Gasteiger partial charge on any atom is 0.197 e. The molecule has 0 aliphatic heterocycles. The van der Waals surface area contributed by atoms with Gasteiger partial charge in [-0.05, 0) is 24.3 Å². The molecule has 3 nitrogen and oxygen atoms in total. The predicted molar refractivity (Wildman–Crippen MR) is 72.3 cm³/mol. The Labute approximate surface area is 113 Å². The Morgan fingerprint density at radius 1 is 1.00 bits per heavy atom. The van der Waals surface area contributed by atoms with Crippen molar-refractivity contribution in [3.63, 3.8) is 0 Å². The van der Waals surface area contributed by atoms with E-state index in [1.165, 1.54) is 0 Å². The molecule has 3 rings (SSSR count). The topological polar surface area (TPSA) is 37.5 Å². The molecule has 0 fully saturated rings. The second-order valence-electron chi connectivity index (χ2n) is 3.81. The number of hydrogen-bond acceptors (Lipinski definition) is 2. The Morgan fingerprint density at radius 3 is 2.56 bits per heavy atom. The van der Waals surface area contributed by atoms with Crippen LogP contribution in [0.15, 0.2) is 42.5 Å². The lowest BCUT2D eigenvalue weighted by Gasteiger charge is -2.05. The Hall–Kier alpha value is -1.71. The van der Waals surface area contributed by atoms with Crippen molar-refractivity contribution in [3.05, 3.63) is 52.6 Å². The summed E-state index contributed by atoms with van der Waals surface area (Å²) in [4.78, 5) is 4.27. The zero-order chi connectivity index (χ0) is 12.7. The van der Waals surface area contributed by atoms with Gasteiger partial charge in [0.25, 0.3) is 0 Å². The van der Waals surface area contributed by atoms with Crippen LogP contribution >= 0.6 is 23.2 Å². The highest BCUT2D eigenvalue weighted by atomic mass is 35.5. The molecule has 18 heavy (non-hydrogen) atoms. The van der Waals surface area contributed by atoms with E-state index in [1.807, 2.05) is 18.2 Å². The summed E-state index contributed by atoms with van der Waals surface area (Å²) < 4.78 is 1.57. The number of nitrogens with zero attached hydrogens (tertiary/aromatic N) is 2. The third-order valence-corrected chi connectivity index (χ3v) is 3.32. The fraction of sp³-hybridized carbons (Fsp3) is 0. The van der Waals surface area contributed by atoms with Gasteiger partial charge in [-0.25, -0.2) is 4.98 Å². The van der Waals surface area contributed by atoms with Crippen LogP contribution in [-0.4, -0.2) is 14.5 Å². The quantitative estimate of drug-likeness (QED) is 0.730. The third kappa shape index (κ3) is 1.64. The van der Waals surface area contributed by atoms with Crippen LogP contribution in [-0.2, 0) is 0 Å². The fourth-order valence-electron chi connectivity index (χ4n) is 1.90. The highest BCUT2D eigenvalue weighted by molar-refractivity contribution is 6.34. The summed E-state index contributed by atoms with van der Waals surface area (Å²) >= 11 is 12.2. The van der Waals surface area contributed by atoms with E-state index in [-0.39, 0.29) is 5.88 Å². The molecule has 0 aliphatic rings. The van der Waals surface area contributed by atoms with Crippen LogP contribution in [0.3, 0.4) is 0 Å². The number of aromatic hydroxyl groups is 1. The normalized spacial score (nSPS) is 11.0. The summed E-state index contributed by atoms with van der Waals surface area (Å²) in [5.41, 5.74) is 1.37. The fourth-order valence-corrected chi connectivity index (χ4v) is 2.35. The lowest BCUT2D eigenvalue weighted by atomic mass is 10.2. The molecule has 5 heteroatoms. The van der Waals surface area contributed by atoms with E-state index in [1.54, 1.807) is 28.7 Å². The van der Waals surface area contributed by atoms with Crippen molar-refractivity contribution in [3.8, 4) is 17.3 Å². The second-order valence-corrected chi connectivity index (χ2v) is 4.58. The van der Waals surface area contributed by atoms with Gasteiger partial charge in [-0.1, -0.05) is 41.4 Å². The number of aromatic nitrogens is 2. The Kier molecular flexibility index (Phi) is 2.65. The van der Waals surface area contributed by atoms with Crippen LogP contribution < -0.4 is 0 Å². The van der Waals surface area contributed by atoms with Crippen molar-refractivity contribution in [2.75, 3.05) is 0 Å². The molecule has 0 atom stereocenters. The van der Waals surface area contributed by atoms with E-state index in [4.69, 9.17) is 23.2 Å². The molecular formula is C13H8Cl2N2O. The minimum Gasteiger partial charge on any atom is -0.494 e. The predicted octanol–water partition coefficient (Wildman–Crippen LogP) is 4.01. The minimum absolute atomic E-state index is 0.0711. The second kappa shape index (κ2) is 4.19. The summed E-state index contributed by atoms with van der Waals surface area (Å²) in [7, 11) is 0. The first-order valence-corrected chi connectivity index (χ1v) is 6.05. The van der Waals surface area contributed by atoms with E-state index in [0.29, 0.717) is 21.5 Å². The molecule has 90 valence electrons. The van der Waals surface area contributed by atoms with Gasteiger partial charge in [0.15, 0.2) is 16.9 Å². The number of fused-ring (bicyclic) bond motifs is 1. The smallest absolute Gasteiger partial charge is 0.197 e. The molecule has 0 aliphatic carbocycles. The average Bonchev–Trinajstić information content (AvgIpc) is 2.69. The lowest BCUT2D eigenvalue weighted by molar-refractivity contribution is 0.447. The summed E-state index contributed by atoms with van der Waals surface area (Å²) in [6.45, 7) is 0. The molecule has 2 aromatic heterocycles. The number of imidazole rings is 1. The van der Waals surface area contributed by atoms with Crippen molar-refractivity contribution in [1.29, 1.82) is 0 Å². The van der Waals surface area contributed by atoms with Crippen LogP contribution in [0.4, 0.5) is 0 Å². The zero-order valence-electron chi connectivity index (χ0n) is 9.14. The summed E-state index contributed by atoms with van der Waals surface area (Å²) in [5, 5.41) is 10.8. The van der Waals surface area contributed by atoms with Gasteiger partial charge in [0.2, 0.25) is 0 Å². The van der Waals surface area contributed by atoms with E-state index in [9.17, 15) is 5.11 Å². The molecule has 0 saturated heterocycles. The third-order valence-electron chi connectivity index (χ3n) is 2.71. The summed E-state index contributed by atoms with van der Waals surface area (Å²) in [5.74, 6) is 0.598. The van der Waals surface area contributed by atoms with Crippen LogP contribution in [0.25, 0.3) is 16.9 Å². The molecule has 0 amide bonds. The first kappa shape index (κ1) is 11.4. The van der Waals surface area contributed by atoms with E-state index >= 15 is 0 Å². The van der Waals surface area contributed by atoms with E-state index in [2.05, 4.69) is 4.98 Å². The van der Waals surface area contributed by atoms with Crippen molar-refractivity contribution in [2.45, 2.75) is 0 Å². The van der Waals surface area contributed by atoms with Crippen LogP contribution in [0.1, 0.15) is 0 Å². The van der Waals surface area contributed by atoms with Crippen LogP contribution in [0, 0.1) is 0 Å². The Balaban J connectivity index is 2.41. The first-order valence-electron chi connectivity index (χ1n) is 5.29. The van der Waals surface area contributed by atoms with Gasteiger partial charge in [-0.3, -0.25) is 4.40 Å². The minimum atomic E-state index is 0.0711. The average molecular weight is 279 g/mol. The van der Waals surface area contributed by atoms with E-state index in [0.717, 1.165) is 5.56 Å². The van der Waals surface area contributed by atoms with Gasteiger partial charge in [-0.2, -0.15) is 0 Å². The molecule has 2 heterocycles. The monoisotopic (exact) mass is 278 g/mol. The number of hydrogen-bond donors (Lipinski definition) is 1. The summed E-state index contributed by atoms with van der Waals surface area (Å²) in [6, 6.07) is 12.4. The van der Waals surface area contributed by atoms with Crippen molar-refractivity contribution < 1.29 is 5.11 Å². The molecule has 3 aromatic rings. The number of pyridine rings is 1. The van der Waals surface area contributed by atoms with Gasteiger partial charge in [-0.15, -0.1) is 0 Å². The van der Waals surface area contributed by atoms with E-state index < -0.39 is 0 Å². The SMILES string of the molecule is Oc1cccc2c(Cl)nc(-c3ccccc3Cl)n12. The van der Waals surface area contributed by atoms with Gasteiger partial charge in [0.05, 0.1) is 10.5 Å². The molecule has 0 unspecified atom stereocenters. The molecule has 0 saturated carbocycles. The van der Waals surface area contributed by atoms with Crippen molar-refractivity contribution in [1.82, 2.24) is 9.38 Å². The highest BCUT2D eigenvalue weighted by Gasteiger charge is 2.15. The lowest BCUT2D eigenvalue weighted by Crippen LogP contribution is -1.90. The Morgan fingerprint density at radius 2 is 1.78 bits per heavy atom. The van der Waals surface area contributed by atoms with Crippen molar-refractivity contribution in [2.24, 2.45) is 0 Å². The Bertz CT molecular complexity index is 737. The van der Waals surface area contributed by atoms with Crippen LogP contribution in [0.2, 0.25) is 10.2 Å². The zero-order valence-corrected chi connectivity index (χ0v) is 10.7. The van der Waals surface area contributed by atoms with Gasteiger partial charge in [0.1, 0.15) is 0 Å². The first-order chi connectivity index (χ1) is 8.68. The van der Waals surface area contributed by atoms with Crippen LogP contribution in [0.5, 0.6) is 5.88 Å². The highest BCUT2D eigenvalue weighted by Crippen LogP contribution is 2.32. The standard InChI is InChI=1S/C13H8Cl2N2O/c14-9-5-2-1-4-8(9)13-16-12(15)10-6-3-7-11(18)17(10)13/h1-7,18H. The number of halogens is 2. The molecule has 1 aromatic carbocycles. The number of benzene rings is 1. The summed E-state index contributed by atoms with van der Waals surface area (Å²) in [6.07, 6.45) is 0. The van der Waals surface area contributed by atoms with Gasteiger partial charge < -0.3 is 5.11 Å².